The Balaban J connectivity index is 2.13. The van der Waals surface area contributed by atoms with Crippen LogP contribution in [-0.2, 0) is 4.79 Å². The van der Waals surface area contributed by atoms with E-state index in [9.17, 15) is 4.79 Å². The molecule has 0 aliphatic carbocycles. The first kappa shape index (κ1) is 8.49. The third-order valence-electron chi connectivity index (χ3n) is 1.89. The Morgan fingerprint density at radius 3 is 2.82 bits per heavy atom. The molecule has 1 unspecified atom stereocenters. The lowest BCUT2D eigenvalue weighted by molar-refractivity contribution is -0.137. The second-order valence-electron chi connectivity index (χ2n) is 2.89. The Morgan fingerprint density at radius 2 is 2.36 bits per heavy atom. The third-order valence-corrected chi connectivity index (χ3v) is 1.89. The van der Waals surface area contributed by atoms with Crippen molar-refractivity contribution < 1.29 is 15.0 Å². The molecule has 1 atom stereocenters. The molecular weight excluding hydrogens is 146 g/mol. The Kier molecular flexibility index (Phi) is 2.84. The summed E-state index contributed by atoms with van der Waals surface area (Å²) in [5, 5.41) is 17.4. The minimum atomic E-state index is -0.772. The molecule has 0 saturated carbocycles. The van der Waals surface area contributed by atoms with Crippen molar-refractivity contribution in [1.29, 1.82) is 0 Å². The summed E-state index contributed by atoms with van der Waals surface area (Å²) in [7, 11) is 0. The van der Waals surface area contributed by atoms with E-state index in [1.165, 1.54) is 0 Å². The third kappa shape index (κ3) is 2.86. The van der Waals surface area contributed by atoms with Crippen molar-refractivity contribution in [3.8, 4) is 0 Å². The topological polar surface area (TPSA) is 60.8 Å². The molecule has 1 saturated heterocycles. The first-order valence-corrected chi connectivity index (χ1v) is 3.80. The van der Waals surface area contributed by atoms with Crippen LogP contribution in [0.15, 0.2) is 0 Å². The summed E-state index contributed by atoms with van der Waals surface area (Å²) in [5.41, 5.74) is 0. The van der Waals surface area contributed by atoms with Crippen molar-refractivity contribution >= 4 is 5.97 Å². The smallest absolute Gasteiger partial charge is 0.304 e. The van der Waals surface area contributed by atoms with Crippen molar-refractivity contribution in [3.63, 3.8) is 0 Å². The number of aliphatic hydroxyl groups is 1. The highest BCUT2D eigenvalue weighted by Crippen LogP contribution is 2.08. The zero-order chi connectivity index (χ0) is 8.27. The van der Waals surface area contributed by atoms with Gasteiger partial charge in [-0.2, -0.15) is 0 Å². The molecule has 1 rings (SSSR count). The molecule has 4 nitrogen and oxygen atoms in total. The maximum atomic E-state index is 10.1. The van der Waals surface area contributed by atoms with Crippen molar-refractivity contribution in [3.05, 3.63) is 0 Å². The summed E-state index contributed by atoms with van der Waals surface area (Å²) >= 11 is 0. The zero-order valence-corrected chi connectivity index (χ0v) is 6.36. The van der Waals surface area contributed by atoms with E-state index in [2.05, 4.69) is 0 Å². The van der Waals surface area contributed by atoms with Crippen molar-refractivity contribution in [2.24, 2.45) is 0 Å². The molecule has 0 radical (unpaired) electrons. The summed E-state index contributed by atoms with van der Waals surface area (Å²) < 4.78 is 0. The van der Waals surface area contributed by atoms with E-state index >= 15 is 0 Å². The van der Waals surface area contributed by atoms with Crippen LogP contribution in [-0.4, -0.2) is 46.8 Å². The number of aliphatic carboxylic acids is 1. The summed E-state index contributed by atoms with van der Waals surface area (Å²) in [5.74, 6) is -0.772. The lowest BCUT2D eigenvalue weighted by Gasteiger charge is -2.12. The highest BCUT2D eigenvalue weighted by molar-refractivity contribution is 5.66. The van der Waals surface area contributed by atoms with Gasteiger partial charge in [0.25, 0.3) is 0 Å². The molecule has 1 aliphatic rings. The van der Waals surface area contributed by atoms with Crippen molar-refractivity contribution in [2.75, 3.05) is 19.6 Å². The SMILES string of the molecule is O=C(O)CCN1CCC(O)C1. The molecule has 1 aliphatic heterocycles. The molecule has 0 bridgehead atoms. The lowest BCUT2D eigenvalue weighted by atomic mass is 10.3. The number of hydrogen-bond donors (Lipinski definition) is 2. The largest absolute Gasteiger partial charge is 0.481 e. The van der Waals surface area contributed by atoms with Gasteiger partial charge in [0.2, 0.25) is 0 Å². The summed E-state index contributed by atoms with van der Waals surface area (Å²) in [4.78, 5) is 12.1. The van der Waals surface area contributed by atoms with Gasteiger partial charge in [-0.3, -0.25) is 4.79 Å². The number of hydrogen-bond acceptors (Lipinski definition) is 3. The van der Waals surface area contributed by atoms with Crippen LogP contribution in [0.1, 0.15) is 12.8 Å². The van der Waals surface area contributed by atoms with E-state index in [0.29, 0.717) is 13.1 Å². The molecule has 0 amide bonds. The predicted molar refractivity (Wildman–Crippen MR) is 39.3 cm³/mol. The maximum Gasteiger partial charge on any atom is 0.304 e. The van der Waals surface area contributed by atoms with E-state index in [0.717, 1.165) is 13.0 Å². The van der Waals surface area contributed by atoms with Gasteiger partial charge in [0.1, 0.15) is 0 Å². The molecule has 1 heterocycles. The maximum absolute atomic E-state index is 10.1. The van der Waals surface area contributed by atoms with Crippen LogP contribution in [0, 0.1) is 0 Å². The first-order valence-electron chi connectivity index (χ1n) is 3.80. The highest BCUT2D eigenvalue weighted by Gasteiger charge is 2.19. The molecular formula is C7H13NO3. The lowest BCUT2D eigenvalue weighted by Crippen LogP contribution is -2.24. The molecule has 64 valence electrons. The van der Waals surface area contributed by atoms with Crippen LogP contribution in [0.3, 0.4) is 0 Å². The second-order valence-corrected chi connectivity index (χ2v) is 2.89. The number of carboxylic acid groups (broad SMARTS) is 1. The number of nitrogens with zero attached hydrogens (tertiary/aromatic N) is 1. The standard InChI is InChI=1S/C7H13NO3/c9-6-1-3-8(5-6)4-2-7(10)11/h6,9H,1-5H2,(H,10,11). The summed E-state index contributed by atoms with van der Waals surface area (Å²) in [6.45, 7) is 2.02. The number of carbonyl (C=O) groups is 1. The van der Waals surface area contributed by atoms with Crippen LogP contribution in [0.4, 0.5) is 0 Å². The van der Waals surface area contributed by atoms with Gasteiger partial charge in [-0.15, -0.1) is 0 Å². The predicted octanol–water partition coefficient (Wildman–Crippen LogP) is -0.472. The van der Waals surface area contributed by atoms with Crippen LogP contribution >= 0.6 is 0 Å². The van der Waals surface area contributed by atoms with E-state index < -0.39 is 5.97 Å². The van der Waals surface area contributed by atoms with Crippen LogP contribution in [0.2, 0.25) is 0 Å². The fraction of sp³-hybridized carbons (Fsp3) is 0.857. The van der Waals surface area contributed by atoms with Gasteiger partial charge in [0.05, 0.1) is 12.5 Å². The van der Waals surface area contributed by atoms with E-state index in [-0.39, 0.29) is 12.5 Å². The number of rotatable bonds is 3. The van der Waals surface area contributed by atoms with Gasteiger partial charge in [0.15, 0.2) is 0 Å². The van der Waals surface area contributed by atoms with Gasteiger partial charge in [0, 0.05) is 19.6 Å². The molecule has 0 aromatic heterocycles. The van der Waals surface area contributed by atoms with E-state index in [4.69, 9.17) is 10.2 Å². The molecule has 4 heteroatoms. The molecule has 0 aromatic carbocycles. The van der Waals surface area contributed by atoms with Gasteiger partial charge in [-0.1, -0.05) is 0 Å². The van der Waals surface area contributed by atoms with Crippen molar-refractivity contribution in [1.82, 2.24) is 4.90 Å². The number of β-amino-alcohol motifs (C(OH)–C–C–N with tert-alkyl or cyclic N) is 1. The van der Waals surface area contributed by atoms with Gasteiger partial charge in [-0.25, -0.2) is 0 Å². The second kappa shape index (κ2) is 3.69. The minimum Gasteiger partial charge on any atom is -0.481 e. The number of aliphatic hydroxyl groups excluding tert-OH is 1. The fourth-order valence-electron chi connectivity index (χ4n) is 1.27. The van der Waals surface area contributed by atoms with Crippen LogP contribution in [0.25, 0.3) is 0 Å². The van der Waals surface area contributed by atoms with E-state index in [1.54, 1.807) is 0 Å². The first-order chi connectivity index (χ1) is 5.18. The van der Waals surface area contributed by atoms with Gasteiger partial charge in [-0.05, 0) is 6.42 Å². The summed E-state index contributed by atoms with van der Waals surface area (Å²) in [6, 6.07) is 0. The molecule has 0 aromatic rings. The Morgan fingerprint density at radius 1 is 1.64 bits per heavy atom. The Labute approximate surface area is 65.4 Å². The summed E-state index contributed by atoms with van der Waals surface area (Å²) in [6.07, 6.45) is 0.704. The molecule has 2 N–H and O–H groups in total. The van der Waals surface area contributed by atoms with Crippen LogP contribution < -0.4 is 0 Å². The van der Waals surface area contributed by atoms with Gasteiger partial charge < -0.3 is 15.1 Å². The monoisotopic (exact) mass is 159 g/mol. The zero-order valence-electron chi connectivity index (χ0n) is 6.36. The molecule has 11 heavy (non-hydrogen) atoms. The Bertz CT molecular complexity index is 149. The quantitative estimate of drug-likeness (QED) is 0.584. The fourth-order valence-corrected chi connectivity index (χ4v) is 1.27. The Hall–Kier alpha value is -0.610. The molecule has 1 fully saturated rings. The highest BCUT2D eigenvalue weighted by atomic mass is 16.4. The van der Waals surface area contributed by atoms with E-state index in [1.807, 2.05) is 4.90 Å². The average Bonchev–Trinajstić information content (AvgIpc) is 2.31. The normalized spacial score (nSPS) is 25.7. The number of likely N-dealkylation sites (tertiary alicyclic amines) is 1. The minimum absolute atomic E-state index is 0.173. The van der Waals surface area contributed by atoms with Gasteiger partial charge >= 0.3 is 5.97 Å². The molecule has 0 spiro atoms. The van der Waals surface area contributed by atoms with Crippen LogP contribution in [0.5, 0.6) is 0 Å². The number of carboxylic acids is 1. The van der Waals surface area contributed by atoms with Crippen molar-refractivity contribution in [2.45, 2.75) is 18.9 Å². The average molecular weight is 159 g/mol.